The van der Waals surface area contributed by atoms with E-state index in [1.807, 2.05) is 0 Å². The van der Waals surface area contributed by atoms with Gasteiger partial charge in [-0.3, -0.25) is 0 Å². The Labute approximate surface area is 165 Å². The van der Waals surface area contributed by atoms with E-state index in [0.29, 0.717) is 28.0 Å². The molecule has 0 fully saturated rings. The number of benzene rings is 2. The third-order valence-electron chi connectivity index (χ3n) is 3.75. The number of hydrogen-bond acceptors (Lipinski definition) is 7. The molecular weight excluding hydrogens is 385 g/mol. The fourth-order valence-electron chi connectivity index (χ4n) is 2.35. The van der Waals surface area contributed by atoms with Crippen LogP contribution in [-0.4, -0.2) is 25.2 Å². The van der Waals surface area contributed by atoms with Crippen LogP contribution < -0.4 is 14.2 Å². The summed E-state index contributed by atoms with van der Waals surface area (Å²) in [6, 6.07) is 10.7. The van der Waals surface area contributed by atoms with Gasteiger partial charge in [0.1, 0.15) is 46.9 Å². The van der Waals surface area contributed by atoms with Gasteiger partial charge in [0.05, 0.1) is 19.9 Å². The molecule has 0 bridgehead atoms. The van der Waals surface area contributed by atoms with Crippen LogP contribution in [0.1, 0.15) is 21.1 Å². The SMILES string of the molecule is COc1ccc(OC)c(C(=O)OCc2csc(COc3ccc(F)cc3)n2)c1. The first kappa shape index (κ1) is 19.6. The van der Waals surface area contributed by atoms with Gasteiger partial charge in [-0.15, -0.1) is 11.3 Å². The van der Waals surface area contributed by atoms with Gasteiger partial charge in [0.15, 0.2) is 0 Å². The number of halogens is 1. The molecular formula is C20H18FNO5S. The standard InChI is InChI=1S/C20H18FNO5S/c1-24-16-7-8-18(25-2)17(9-16)20(23)27-10-14-12-28-19(22-14)11-26-15-5-3-13(21)4-6-15/h3-9,12H,10-11H2,1-2H3. The lowest BCUT2D eigenvalue weighted by atomic mass is 10.2. The number of aromatic nitrogens is 1. The fourth-order valence-corrected chi connectivity index (χ4v) is 3.04. The molecule has 0 aliphatic rings. The minimum Gasteiger partial charge on any atom is -0.497 e. The normalized spacial score (nSPS) is 10.4. The Morgan fingerprint density at radius 1 is 1.04 bits per heavy atom. The highest BCUT2D eigenvalue weighted by Crippen LogP contribution is 2.25. The number of thiazole rings is 1. The third-order valence-corrected chi connectivity index (χ3v) is 4.62. The molecule has 8 heteroatoms. The number of carbonyl (C=O) groups is 1. The molecule has 0 saturated heterocycles. The van der Waals surface area contributed by atoms with Gasteiger partial charge < -0.3 is 18.9 Å². The summed E-state index contributed by atoms with van der Waals surface area (Å²) in [5.74, 6) is 0.625. The highest BCUT2D eigenvalue weighted by Gasteiger charge is 2.16. The van der Waals surface area contributed by atoms with Gasteiger partial charge in [-0.05, 0) is 42.5 Å². The molecule has 1 aromatic heterocycles. The van der Waals surface area contributed by atoms with Crippen LogP contribution in [-0.2, 0) is 18.0 Å². The smallest absolute Gasteiger partial charge is 0.342 e. The largest absolute Gasteiger partial charge is 0.497 e. The molecule has 0 aliphatic carbocycles. The molecule has 0 saturated carbocycles. The van der Waals surface area contributed by atoms with Crippen LogP contribution in [0.2, 0.25) is 0 Å². The molecule has 0 N–H and O–H groups in total. The van der Waals surface area contributed by atoms with Gasteiger partial charge in [-0.1, -0.05) is 0 Å². The zero-order valence-electron chi connectivity index (χ0n) is 15.3. The first-order valence-electron chi connectivity index (χ1n) is 8.30. The predicted molar refractivity (Wildman–Crippen MR) is 102 cm³/mol. The number of hydrogen-bond donors (Lipinski definition) is 0. The van der Waals surface area contributed by atoms with Crippen molar-refractivity contribution >= 4 is 17.3 Å². The lowest BCUT2D eigenvalue weighted by Crippen LogP contribution is -2.08. The number of ether oxygens (including phenoxy) is 4. The Morgan fingerprint density at radius 3 is 2.50 bits per heavy atom. The molecule has 3 aromatic rings. The van der Waals surface area contributed by atoms with E-state index >= 15 is 0 Å². The van der Waals surface area contributed by atoms with E-state index in [1.54, 1.807) is 35.7 Å². The molecule has 0 amide bonds. The minimum absolute atomic E-state index is 0.0201. The average molecular weight is 403 g/mol. The summed E-state index contributed by atoms with van der Waals surface area (Å²) < 4.78 is 34.1. The van der Waals surface area contributed by atoms with E-state index in [1.165, 1.54) is 37.7 Å². The van der Waals surface area contributed by atoms with Crippen molar-refractivity contribution in [3.8, 4) is 17.2 Å². The third kappa shape index (κ3) is 4.98. The van der Waals surface area contributed by atoms with E-state index in [0.717, 1.165) is 0 Å². The average Bonchev–Trinajstić information content (AvgIpc) is 3.19. The van der Waals surface area contributed by atoms with Crippen molar-refractivity contribution in [1.29, 1.82) is 0 Å². The van der Waals surface area contributed by atoms with Crippen molar-refractivity contribution in [1.82, 2.24) is 4.98 Å². The molecule has 0 radical (unpaired) electrons. The predicted octanol–water partition coefficient (Wildman–Crippen LogP) is 4.24. The van der Waals surface area contributed by atoms with Gasteiger partial charge in [-0.2, -0.15) is 0 Å². The second-order valence-corrected chi connectivity index (χ2v) is 6.56. The molecule has 2 aromatic carbocycles. The van der Waals surface area contributed by atoms with Crippen LogP contribution in [0.25, 0.3) is 0 Å². The summed E-state index contributed by atoms with van der Waals surface area (Å²) >= 11 is 1.39. The van der Waals surface area contributed by atoms with Gasteiger partial charge >= 0.3 is 5.97 Å². The Bertz CT molecular complexity index is 942. The highest BCUT2D eigenvalue weighted by atomic mass is 32.1. The van der Waals surface area contributed by atoms with E-state index in [9.17, 15) is 9.18 Å². The topological polar surface area (TPSA) is 66.9 Å². The summed E-state index contributed by atoms with van der Waals surface area (Å²) in [7, 11) is 2.99. The van der Waals surface area contributed by atoms with Crippen LogP contribution in [0.3, 0.4) is 0 Å². The fraction of sp³-hybridized carbons (Fsp3) is 0.200. The number of esters is 1. The van der Waals surface area contributed by atoms with Crippen molar-refractivity contribution in [2.45, 2.75) is 13.2 Å². The maximum absolute atomic E-state index is 12.9. The van der Waals surface area contributed by atoms with Crippen molar-refractivity contribution < 1.29 is 28.1 Å². The number of rotatable bonds is 8. The Kier molecular flexibility index (Phi) is 6.44. The summed E-state index contributed by atoms with van der Waals surface area (Å²) in [4.78, 5) is 16.7. The van der Waals surface area contributed by atoms with E-state index in [4.69, 9.17) is 18.9 Å². The summed E-state index contributed by atoms with van der Waals surface area (Å²) in [6.07, 6.45) is 0. The van der Waals surface area contributed by atoms with Crippen molar-refractivity contribution in [3.05, 3.63) is 69.9 Å². The molecule has 0 unspecified atom stereocenters. The quantitative estimate of drug-likeness (QED) is 0.524. The molecule has 146 valence electrons. The lowest BCUT2D eigenvalue weighted by molar-refractivity contribution is 0.0464. The van der Waals surface area contributed by atoms with Crippen LogP contribution in [0.4, 0.5) is 4.39 Å². The maximum atomic E-state index is 12.9. The van der Waals surface area contributed by atoms with Crippen molar-refractivity contribution in [3.63, 3.8) is 0 Å². The van der Waals surface area contributed by atoms with Crippen LogP contribution in [0.15, 0.2) is 47.8 Å². The molecule has 3 rings (SSSR count). The maximum Gasteiger partial charge on any atom is 0.342 e. The minimum atomic E-state index is -0.534. The molecule has 0 atom stereocenters. The summed E-state index contributed by atoms with van der Waals surface area (Å²) in [5, 5.41) is 2.51. The molecule has 0 spiro atoms. The first-order chi connectivity index (χ1) is 13.6. The zero-order chi connectivity index (χ0) is 19.9. The summed E-state index contributed by atoms with van der Waals surface area (Å²) in [5.41, 5.74) is 0.884. The van der Waals surface area contributed by atoms with Gasteiger partial charge in [0.25, 0.3) is 0 Å². The van der Waals surface area contributed by atoms with Crippen LogP contribution >= 0.6 is 11.3 Å². The Balaban J connectivity index is 1.56. The Hall–Kier alpha value is -3.13. The summed E-state index contributed by atoms with van der Waals surface area (Å²) in [6.45, 7) is 0.264. The number of methoxy groups -OCH3 is 2. The van der Waals surface area contributed by atoms with Crippen LogP contribution in [0, 0.1) is 5.82 Å². The second kappa shape index (κ2) is 9.18. The first-order valence-corrected chi connectivity index (χ1v) is 9.18. The second-order valence-electron chi connectivity index (χ2n) is 5.62. The zero-order valence-corrected chi connectivity index (χ0v) is 16.1. The van der Waals surface area contributed by atoms with Crippen molar-refractivity contribution in [2.75, 3.05) is 14.2 Å². The van der Waals surface area contributed by atoms with E-state index < -0.39 is 5.97 Å². The molecule has 6 nitrogen and oxygen atoms in total. The van der Waals surface area contributed by atoms with Crippen molar-refractivity contribution in [2.24, 2.45) is 0 Å². The Morgan fingerprint density at radius 2 is 1.79 bits per heavy atom. The van der Waals surface area contributed by atoms with Gasteiger partial charge in [-0.25, -0.2) is 14.2 Å². The number of carbonyl (C=O) groups excluding carboxylic acids is 1. The lowest BCUT2D eigenvalue weighted by Gasteiger charge is -2.09. The number of nitrogens with zero attached hydrogens (tertiary/aromatic N) is 1. The van der Waals surface area contributed by atoms with Gasteiger partial charge in [0.2, 0.25) is 0 Å². The monoisotopic (exact) mass is 403 g/mol. The molecule has 28 heavy (non-hydrogen) atoms. The van der Waals surface area contributed by atoms with E-state index in [-0.39, 0.29) is 24.6 Å². The van der Waals surface area contributed by atoms with E-state index in [2.05, 4.69) is 4.98 Å². The van der Waals surface area contributed by atoms with Gasteiger partial charge in [0, 0.05) is 5.38 Å². The van der Waals surface area contributed by atoms with Crippen LogP contribution in [0.5, 0.6) is 17.2 Å². The molecule has 0 aliphatic heterocycles. The highest BCUT2D eigenvalue weighted by molar-refractivity contribution is 7.09. The molecule has 1 heterocycles.